The Hall–Kier alpha value is -1.09. The monoisotopic (exact) mass is 263 g/mol. The van der Waals surface area contributed by atoms with Crippen LogP contribution < -0.4 is 10.5 Å². The van der Waals surface area contributed by atoms with Gasteiger partial charge in [-0.2, -0.15) is 0 Å². The Morgan fingerprint density at radius 1 is 1.26 bits per heavy atom. The van der Waals surface area contributed by atoms with Crippen molar-refractivity contribution >= 4 is 0 Å². The molecule has 2 aliphatic rings. The van der Waals surface area contributed by atoms with Gasteiger partial charge in [-0.15, -0.1) is 0 Å². The van der Waals surface area contributed by atoms with Gasteiger partial charge in [0.1, 0.15) is 17.2 Å². The van der Waals surface area contributed by atoms with Gasteiger partial charge in [0, 0.05) is 5.56 Å². The topological polar surface area (TPSA) is 35.2 Å². The van der Waals surface area contributed by atoms with Gasteiger partial charge in [0.05, 0.1) is 0 Å². The summed E-state index contributed by atoms with van der Waals surface area (Å²) in [4.78, 5) is 0. The fraction of sp³-hybridized carbons (Fsp3) is 0.625. The zero-order valence-electron chi connectivity index (χ0n) is 11.3. The lowest BCUT2D eigenvalue weighted by Crippen LogP contribution is -2.43. The van der Waals surface area contributed by atoms with E-state index < -0.39 is 0 Å². The molecule has 1 aliphatic carbocycles. The normalized spacial score (nSPS) is 24.8. The molecular formula is C16H22FNO. The van der Waals surface area contributed by atoms with Crippen molar-refractivity contribution in [1.29, 1.82) is 0 Å². The second-order valence-electron chi connectivity index (χ2n) is 6.01. The summed E-state index contributed by atoms with van der Waals surface area (Å²) in [6, 6.07) is 4.93. The quantitative estimate of drug-likeness (QED) is 0.882. The van der Waals surface area contributed by atoms with E-state index in [0.717, 1.165) is 37.0 Å². The number of rotatable bonds is 2. The van der Waals surface area contributed by atoms with Crippen LogP contribution in [-0.4, -0.2) is 12.1 Å². The van der Waals surface area contributed by atoms with E-state index >= 15 is 0 Å². The van der Waals surface area contributed by atoms with E-state index in [2.05, 4.69) is 0 Å². The number of benzene rings is 1. The van der Waals surface area contributed by atoms with Crippen LogP contribution in [0.3, 0.4) is 0 Å². The molecular weight excluding hydrogens is 241 g/mol. The van der Waals surface area contributed by atoms with Crippen molar-refractivity contribution in [3.05, 3.63) is 29.6 Å². The maximum absolute atomic E-state index is 13.5. The highest BCUT2D eigenvalue weighted by molar-refractivity contribution is 5.40. The number of nitrogens with two attached hydrogens (primary N) is 1. The molecule has 1 atom stereocenters. The molecule has 1 aromatic rings. The Kier molecular flexibility index (Phi) is 3.48. The second kappa shape index (κ2) is 5.12. The first-order chi connectivity index (χ1) is 9.22. The summed E-state index contributed by atoms with van der Waals surface area (Å²) in [6.07, 6.45) is 7.97. The summed E-state index contributed by atoms with van der Waals surface area (Å²) in [5.74, 6) is 1.06. The van der Waals surface area contributed by atoms with E-state index in [1.54, 1.807) is 12.1 Å². The van der Waals surface area contributed by atoms with Gasteiger partial charge in [0.25, 0.3) is 0 Å². The third-order valence-electron chi connectivity index (χ3n) is 4.64. The minimum atomic E-state index is -0.177. The predicted octanol–water partition coefficient (Wildman–Crippen LogP) is 3.74. The van der Waals surface area contributed by atoms with E-state index in [9.17, 15) is 4.39 Å². The average Bonchev–Trinajstić information content (AvgIpc) is 2.41. The van der Waals surface area contributed by atoms with Crippen LogP contribution in [0.25, 0.3) is 0 Å². The molecule has 1 heterocycles. The van der Waals surface area contributed by atoms with Gasteiger partial charge in [0.2, 0.25) is 0 Å². The van der Waals surface area contributed by atoms with Gasteiger partial charge in [-0.05, 0) is 69.2 Å². The van der Waals surface area contributed by atoms with Crippen LogP contribution in [0.4, 0.5) is 4.39 Å². The lowest BCUT2D eigenvalue weighted by atomic mass is 9.73. The molecule has 1 aliphatic heterocycles. The number of hydrogen-bond donors (Lipinski definition) is 1. The second-order valence-corrected chi connectivity index (χ2v) is 6.01. The highest BCUT2D eigenvalue weighted by atomic mass is 19.1. The minimum absolute atomic E-state index is 0.0110. The molecule has 1 aromatic carbocycles. The zero-order chi connectivity index (χ0) is 13.3. The lowest BCUT2D eigenvalue weighted by molar-refractivity contribution is 0.000468. The van der Waals surface area contributed by atoms with Gasteiger partial charge in [0.15, 0.2) is 0 Å². The van der Waals surface area contributed by atoms with E-state index in [4.69, 9.17) is 10.5 Å². The fourth-order valence-corrected chi connectivity index (χ4v) is 3.73. The minimum Gasteiger partial charge on any atom is -0.487 e. The van der Waals surface area contributed by atoms with Crippen molar-refractivity contribution in [2.24, 2.45) is 5.73 Å². The smallest absolute Gasteiger partial charge is 0.123 e. The molecule has 1 unspecified atom stereocenters. The van der Waals surface area contributed by atoms with Crippen LogP contribution in [0, 0.1) is 5.82 Å². The molecule has 3 heteroatoms. The largest absolute Gasteiger partial charge is 0.487 e. The molecule has 1 saturated carbocycles. The van der Waals surface area contributed by atoms with E-state index in [1.807, 2.05) is 0 Å². The Morgan fingerprint density at radius 3 is 2.79 bits per heavy atom. The Labute approximate surface area is 114 Å². The number of ether oxygens (including phenoxy) is 1. The molecule has 0 aromatic heterocycles. The third kappa shape index (κ3) is 2.48. The van der Waals surface area contributed by atoms with Crippen LogP contribution >= 0.6 is 0 Å². The van der Waals surface area contributed by atoms with Gasteiger partial charge < -0.3 is 10.5 Å². The summed E-state index contributed by atoms with van der Waals surface area (Å²) < 4.78 is 19.7. The van der Waals surface area contributed by atoms with Gasteiger partial charge in [-0.25, -0.2) is 4.39 Å². The van der Waals surface area contributed by atoms with Gasteiger partial charge in [-0.3, -0.25) is 0 Å². The molecule has 104 valence electrons. The summed E-state index contributed by atoms with van der Waals surface area (Å²) >= 11 is 0. The van der Waals surface area contributed by atoms with Crippen molar-refractivity contribution in [1.82, 2.24) is 0 Å². The average molecular weight is 263 g/mol. The molecule has 0 radical (unpaired) electrons. The van der Waals surface area contributed by atoms with Crippen molar-refractivity contribution in [3.8, 4) is 5.75 Å². The number of fused-ring (bicyclic) bond motifs is 1. The van der Waals surface area contributed by atoms with Gasteiger partial charge >= 0.3 is 0 Å². The summed E-state index contributed by atoms with van der Waals surface area (Å²) in [5, 5.41) is 0. The summed E-state index contributed by atoms with van der Waals surface area (Å²) in [5.41, 5.74) is 6.74. The number of halogens is 1. The third-order valence-corrected chi connectivity index (χ3v) is 4.64. The highest BCUT2D eigenvalue weighted by Gasteiger charge is 2.41. The zero-order valence-corrected chi connectivity index (χ0v) is 11.3. The van der Waals surface area contributed by atoms with E-state index in [1.165, 1.54) is 25.3 Å². The maximum Gasteiger partial charge on any atom is 0.123 e. The molecule has 0 saturated heterocycles. The molecule has 0 amide bonds. The molecule has 3 rings (SSSR count). The standard InChI is InChI=1S/C16H22FNO/c17-13-4-5-15-14(10-13)12(6-9-18)11-16(19-15)7-2-1-3-8-16/h4-5,10,12H,1-3,6-9,11,18H2. The first-order valence-corrected chi connectivity index (χ1v) is 7.41. The van der Waals surface area contributed by atoms with Gasteiger partial charge in [-0.1, -0.05) is 6.42 Å². The lowest BCUT2D eigenvalue weighted by Gasteiger charge is -2.44. The Bertz CT molecular complexity index is 454. The van der Waals surface area contributed by atoms with Crippen molar-refractivity contribution < 1.29 is 9.13 Å². The van der Waals surface area contributed by atoms with Crippen molar-refractivity contribution in [2.75, 3.05) is 6.54 Å². The van der Waals surface area contributed by atoms with E-state index in [-0.39, 0.29) is 11.4 Å². The highest BCUT2D eigenvalue weighted by Crippen LogP contribution is 2.48. The fourth-order valence-electron chi connectivity index (χ4n) is 3.73. The summed E-state index contributed by atoms with van der Waals surface area (Å²) in [6.45, 7) is 0.650. The predicted molar refractivity (Wildman–Crippen MR) is 73.9 cm³/mol. The first kappa shape index (κ1) is 12.9. The molecule has 0 bridgehead atoms. The van der Waals surface area contributed by atoms with Crippen LogP contribution in [0.2, 0.25) is 0 Å². The van der Waals surface area contributed by atoms with Crippen LogP contribution in [0.5, 0.6) is 5.75 Å². The first-order valence-electron chi connectivity index (χ1n) is 7.41. The summed E-state index contributed by atoms with van der Waals surface area (Å²) in [7, 11) is 0. The van der Waals surface area contributed by atoms with Crippen molar-refractivity contribution in [2.45, 2.75) is 56.5 Å². The van der Waals surface area contributed by atoms with Crippen LogP contribution in [-0.2, 0) is 0 Å². The van der Waals surface area contributed by atoms with Crippen LogP contribution in [0.1, 0.15) is 56.4 Å². The SMILES string of the molecule is NCCC1CC2(CCCCC2)Oc2ccc(F)cc21. The molecule has 19 heavy (non-hydrogen) atoms. The number of hydrogen-bond acceptors (Lipinski definition) is 2. The Morgan fingerprint density at radius 2 is 2.05 bits per heavy atom. The van der Waals surface area contributed by atoms with Crippen LogP contribution in [0.15, 0.2) is 18.2 Å². The maximum atomic E-state index is 13.5. The Balaban J connectivity index is 1.94. The van der Waals surface area contributed by atoms with E-state index in [0.29, 0.717) is 12.5 Å². The van der Waals surface area contributed by atoms with Crippen molar-refractivity contribution in [3.63, 3.8) is 0 Å². The molecule has 2 N–H and O–H groups in total. The molecule has 2 nitrogen and oxygen atoms in total. The molecule has 1 spiro atoms. The molecule has 1 fully saturated rings.